The summed E-state index contributed by atoms with van der Waals surface area (Å²) in [7, 11) is 1.28. The molecule has 0 saturated carbocycles. The summed E-state index contributed by atoms with van der Waals surface area (Å²) >= 11 is 0. The number of esters is 1. The number of hydrogen-bond donors (Lipinski definition) is 1. The fraction of sp³-hybridized carbons (Fsp3) is 0.286. The van der Waals surface area contributed by atoms with Gasteiger partial charge in [-0.3, -0.25) is 0 Å². The van der Waals surface area contributed by atoms with Gasteiger partial charge in [0.25, 0.3) is 0 Å². The third-order valence-corrected chi connectivity index (χ3v) is 3.03. The van der Waals surface area contributed by atoms with Gasteiger partial charge in [-0.1, -0.05) is 19.1 Å². The number of aromatic nitrogens is 2. The van der Waals surface area contributed by atoms with Gasteiger partial charge >= 0.3 is 5.97 Å². The van der Waals surface area contributed by atoms with Crippen LogP contribution in [0.25, 0.3) is 0 Å². The number of methoxy groups -OCH3 is 1. The van der Waals surface area contributed by atoms with Gasteiger partial charge in [0.2, 0.25) is 0 Å². The van der Waals surface area contributed by atoms with Gasteiger partial charge in [0.15, 0.2) is 5.69 Å². The fourth-order valence-corrected chi connectivity index (χ4v) is 1.98. The molecule has 0 spiro atoms. The summed E-state index contributed by atoms with van der Waals surface area (Å²) in [6.45, 7) is 2.35. The first-order valence-electron chi connectivity index (χ1n) is 6.24. The molecule has 2 rings (SSSR count). The van der Waals surface area contributed by atoms with Gasteiger partial charge in [-0.05, 0) is 17.7 Å². The van der Waals surface area contributed by atoms with Crippen LogP contribution in [-0.2, 0) is 17.7 Å². The molecule has 0 saturated heterocycles. The van der Waals surface area contributed by atoms with Crippen molar-refractivity contribution in [2.75, 3.05) is 12.8 Å². The van der Waals surface area contributed by atoms with Crippen molar-refractivity contribution in [3.8, 4) is 0 Å². The Kier molecular flexibility index (Phi) is 4.02. The molecule has 2 N–H and O–H groups in total. The number of hydrogen-bond acceptors (Lipinski definition) is 4. The maximum Gasteiger partial charge on any atom is 0.360 e. The molecular formula is C14H16FN3O2. The zero-order valence-electron chi connectivity index (χ0n) is 11.4. The van der Waals surface area contributed by atoms with Crippen molar-refractivity contribution in [1.29, 1.82) is 0 Å². The number of aryl methyl sites for hydroxylation is 1. The number of halogens is 1. The van der Waals surface area contributed by atoms with Crippen LogP contribution in [0.5, 0.6) is 0 Å². The topological polar surface area (TPSA) is 70.1 Å². The second-order valence-corrected chi connectivity index (χ2v) is 4.32. The molecule has 0 amide bonds. The Morgan fingerprint density at radius 3 is 2.60 bits per heavy atom. The number of ether oxygens (including phenoxy) is 1. The Hall–Kier alpha value is -2.37. The van der Waals surface area contributed by atoms with Crippen molar-refractivity contribution in [3.63, 3.8) is 0 Å². The summed E-state index contributed by atoms with van der Waals surface area (Å²) in [6.07, 6.45) is 0.627. The van der Waals surface area contributed by atoms with E-state index in [2.05, 4.69) is 9.72 Å². The molecule has 1 aromatic carbocycles. The second kappa shape index (κ2) is 5.73. The predicted octanol–water partition coefficient (Wildman–Crippen LogP) is 2.00. The molecule has 0 radical (unpaired) electrons. The molecule has 0 atom stereocenters. The van der Waals surface area contributed by atoms with Gasteiger partial charge in [0.05, 0.1) is 13.7 Å². The molecule has 5 nitrogen and oxygen atoms in total. The minimum Gasteiger partial charge on any atom is -0.464 e. The molecule has 6 heteroatoms. The highest BCUT2D eigenvalue weighted by molar-refractivity contribution is 5.92. The smallest absolute Gasteiger partial charge is 0.360 e. The third-order valence-electron chi connectivity index (χ3n) is 3.03. The lowest BCUT2D eigenvalue weighted by molar-refractivity contribution is 0.0595. The Bertz CT molecular complexity index is 620. The number of nitrogens with two attached hydrogens (primary N) is 1. The average Bonchev–Trinajstić information content (AvgIpc) is 2.77. The van der Waals surface area contributed by atoms with E-state index in [9.17, 15) is 9.18 Å². The van der Waals surface area contributed by atoms with Crippen LogP contribution >= 0.6 is 0 Å². The molecule has 2 aromatic rings. The Balaban J connectivity index is 2.37. The number of carbonyl (C=O) groups is 1. The number of imidazole rings is 1. The Morgan fingerprint density at radius 2 is 2.05 bits per heavy atom. The molecule has 0 aliphatic heterocycles. The lowest BCUT2D eigenvalue weighted by Gasteiger charge is -2.09. The molecule has 0 aliphatic rings. The van der Waals surface area contributed by atoms with Crippen LogP contribution in [0, 0.1) is 5.82 Å². The van der Waals surface area contributed by atoms with Crippen LogP contribution in [0.4, 0.5) is 10.2 Å². The van der Waals surface area contributed by atoms with Crippen molar-refractivity contribution in [3.05, 3.63) is 47.2 Å². The monoisotopic (exact) mass is 277 g/mol. The van der Waals surface area contributed by atoms with Crippen molar-refractivity contribution in [1.82, 2.24) is 9.55 Å². The van der Waals surface area contributed by atoms with E-state index in [1.807, 2.05) is 6.92 Å². The molecule has 106 valence electrons. The standard InChI is InChI=1S/C14H16FN3O2/c1-3-11-17-12(14(19)20-2)13(16)18(11)8-9-4-6-10(15)7-5-9/h4-7H,3,8,16H2,1-2H3. The van der Waals surface area contributed by atoms with Crippen LogP contribution in [0.15, 0.2) is 24.3 Å². The van der Waals surface area contributed by atoms with Crippen LogP contribution in [0.2, 0.25) is 0 Å². The number of carbonyl (C=O) groups excluding carboxylic acids is 1. The molecule has 20 heavy (non-hydrogen) atoms. The van der Waals surface area contributed by atoms with E-state index in [1.54, 1.807) is 16.7 Å². The minimum absolute atomic E-state index is 0.117. The van der Waals surface area contributed by atoms with E-state index in [0.717, 1.165) is 5.56 Å². The number of nitrogens with zero attached hydrogens (tertiary/aromatic N) is 2. The molecule has 1 heterocycles. The maximum atomic E-state index is 12.9. The third kappa shape index (κ3) is 2.64. The SMILES string of the molecule is CCc1nc(C(=O)OC)c(N)n1Cc1ccc(F)cc1. The predicted molar refractivity (Wildman–Crippen MR) is 72.9 cm³/mol. The quantitative estimate of drug-likeness (QED) is 0.868. The summed E-state index contributed by atoms with van der Waals surface area (Å²) in [5.41, 5.74) is 6.95. The van der Waals surface area contributed by atoms with Gasteiger partial charge in [0, 0.05) is 6.42 Å². The largest absolute Gasteiger partial charge is 0.464 e. The van der Waals surface area contributed by atoms with Gasteiger partial charge in [-0.15, -0.1) is 0 Å². The fourth-order valence-electron chi connectivity index (χ4n) is 1.98. The zero-order chi connectivity index (χ0) is 14.7. The lowest BCUT2D eigenvalue weighted by Crippen LogP contribution is -2.10. The van der Waals surface area contributed by atoms with E-state index >= 15 is 0 Å². The summed E-state index contributed by atoms with van der Waals surface area (Å²) in [4.78, 5) is 15.8. The molecule has 1 aromatic heterocycles. The normalized spacial score (nSPS) is 10.6. The highest BCUT2D eigenvalue weighted by Gasteiger charge is 2.20. The van der Waals surface area contributed by atoms with E-state index in [-0.39, 0.29) is 17.3 Å². The number of anilines is 1. The second-order valence-electron chi connectivity index (χ2n) is 4.32. The molecule has 0 fully saturated rings. The van der Waals surface area contributed by atoms with Crippen LogP contribution in [-0.4, -0.2) is 22.6 Å². The zero-order valence-corrected chi connectivity index (χ0v) is 11.4. The Morgan fingerprint density at radius 1 is 1.40 bits per heavy atom. The van der Waals surface area contributed by atoms with Crippen LogP contribution in [0.1, 0.15) is 28.8 Å². The van der Waals surface area contributed by atoms with Gasteiger partial charge < -0.3 is 15.0 Å². The summed E-state index contributed by atoms with van der Waals surface area (Å²) in [5, 5.41) is 0. The Labute approximate surface area is 116 Å². The van der Waals surface area contributed by atoms with Crippen molar-refractivity contribution in [2.45, 2.75) is 19.9 Å². The van der Waals surface area contributed by atoms with Crippen molar-refractivity contribution < 1.29 is 13.9 Å². The van der Waals surface area contributed by atoms with Gasteiger partial charge in [-0.25, -0.2) is 14.2 Å². The summed E-state index contributed by atoms with van der Waals surface area (Å²) < 4.78 is 19.3. The first-order valence-corrected chi connectivity index (χ1v) is 6.24. The van der Waals surface area contributed by atoms with E-state index in [0.29, 0.717) is 18.8 Å². The van der Waals surface area contributed by atoms with E-state index < -0.39 is 5.97 Å². The summed E-state index contributed by atoms with van der Waals surface area (Å²) in [6, 6.07) is 6.11. The average molecular weight is 277 g/mol. The van der Waals surface area contributed by atoms with Crippen molar-refractivity contribution in [2.24, 2.45) is 0 Å². The number of rotatable bonds is 4. The number of nitrogen functional groups attached to an aromatic ring is 1. The highest BCUT2D eigenvalue weighted by Crippen LogP contribution is 2.18. The molecular weight excluding hydrogens is 261 g/mol. The highest BCUT2D eigenvalue weighted by atomic mass is 19.1. The van der Waals surface area contributed by atoms with Gasteiger partial charge in [-0.2, -0.15) is 0 Å². The molecule has 0 aliphatic carbocycles. The number of benzene rings is 1. The first kappa shape index (κ1) is 14.0. The van der Waals surface area contributed by atoms with Gasteiger partial charge in [0.1, 0.15) is 17.5 Å². The van der Waals surface area contributed by atoms with Crippen LogP contribution in [0.3, 0.4) is 0 Å². The first-order chi connectivity index (χ1) is 9.56. The van der Waals surface area contributed by atoms with E-state index in [4.69, 9.17) is 5.73 Å². The minimum atomic E-state index is -0.560. The maximum absolute atomic E-state index is 12.9. The lowest BCUT2D eigenvalue weighted by atomic mass is 10.2. The van der Waals surface area contributed by atoms with Crippen molar-refractivity contribution >= 4 is 11.8 Å². The molecule has 0 unspecified atom stereocenters. The molecule has 0 bridgehead atoms. The van der Waals surface area contributed by atoms with Crippen LogP contribution < -0.4 is 5.73 Å². The summed E-state index contributed by atoms with van der Waals surface area (Å²) in [5.74, 6) is 0.0959. The van der Waals surface area contributed by atoms with E-state index in [1.165, 1.54) is 19.2 Å².